The Morgan fingerprint density at radius 1 is 1.20 bits per heavy atom. The Bertz CT molecular complexity index is 531. The standard InChI is InChI=1S/C19H30N4O2/c24-18-2-1-16(13-18)14-21-19(25)22-17-6-11-23(12-7-17)10-5-15-3-8-20-9-4-15/h3-4,8-9,16-18,24H,1-2,5-7,10-14H2,(H2,21,22,25)/t16-,18-/m1/s1. The van der Waals surface area contributed by atoms with E-state index in [0.717, 1.165) is 58.2 Å². The number of amides is 2. The zero-order valence-electron chi connectivity index (χ0n) is 14.9. The molecular weight excluding hydrogens is 316 g/mol. The third kappa shape index (κ3) is 5.97. The molecule has 3 rings (SSSR count). The van der Waals surface area contributed by atoms with Crippen LogP contribution in [0.3, 0.4) is 0 Å². The van der Waals surface area contributed by atoms with Crippen molar-refractivity contribution < 1.29 is 9.90 Å². The van der Waals surface area contributed by atoms with Gasteiger partial charge in [0.1, 0.15) is 0 Å². The fraction of sp³-hybridized carbons (Fsp3) is 0.684. The molecular formula is C19H30N4O2. The lowest BCUT2D eigenvalue weighted by Crippen LogP contribution is -2.48. The molecule has 1 aliphatic heterocycles. The summed E-state index contributed by atoms with van der Waals surface area (Å²) < 4.78 is 0. The number of rotatable bonds is 6. The van der Waals surface area contributed by atoms with Crippen LogP contribution in [-0.2, 0) is 6.42 Å². The highest BCUT2D eigenvalue weighted by atomic mass is 16.3. The van der Waals surface area contributed by atoms with Gasteiger partial charge in [0.05, 0.1) is 6.10 Å². The predicted molar refractivity (Wildman–Crippen MR) is 97.3 cm³/mol. The van der Waals surface area contributed by atoms with Gasteiger partial charge in [-0.1, -0.05) is 0 Å². The summed E-state index contributed by atoms with van der Waals surface area (Å²) in [7, 11) is 0. The Morgan fingerprint density at radius 2 is 1.96 bits per heavy atom. The van der Waals surface area contributed by atoms with Crippen LogP contribution in [0.25, 0.3) is 0 Å². The minimum atomic E-state index is -0.175. The number of likely N-dealkylation sites (tertiary alicyclic amines) is 1. The van der Waals surface area contributed by atoms with Gasteiger partial charge in [-0.2, -0.15) is 0 Å². The maximum absolute atomic E-state index is 12.0. The molecule has 2 atom stereocenters. The van der Waals surface area contributed by atoms with Crippen LogP contribution in [0.15, 0.2) is 24.5 Å². The Kier molecular flexibility index (Phi) is 6.64. The number of aliphatic hydroxyl groups excluding tert-OH is 1. The molecule has 2 fully saturated rings. The van der Waals surface area contributed by atoms with Crippen molar-refractivity contribution >= 4 is 6.03 Å². The highest BCUT2D eigenvalue weighted by Crippen LogP contribution is 2.24. The van der Waals surface area contributed by atoms with E-state index >= 15 is 0 Å². The molecule has 1 aromatic rings. The van der Waals surface area contributed by atoms with Crippen LogP contribution >= 0.6 is 0 Å². The summed E-state index contributed by atoms with van der Waals surface area (Å²) in [4.78, 5) is 18.6. The van der Waals surface area contributed by atoms with E-state index in [1.54, 1.807) is 0 Å². The van der Waals surface area contributed by atoms with E-state index in [2.05, 4.69) is 32.7 Å². The van der Waals surface area contributed by atoms with Gasteiger partial charge in [0.15, 0.2) is 0 Å². The number of pyridine rings is 1. The van der Waals surface area contributed by atoms with E-state index in [4.69, 9.17) is 0 Å². The lowest BCUT2D eigenvalue weighted by molar-refractivity contribution is 0.176. The number of piperidine rings is 1. The summed E-state index contributed by atoms with van der Waals surface area (Å²) in [6, 6.07) is 4.35. The third-order valence-corrected chi connectivity index (χ3v) is 5.45. The molecule has 1 aromatic heterocycles. The molecule has 2 aliphatic rings. The first-order valence-electron chi connectivity index (χ1n) is 9.52. The molecule has 6 nitrogen and oxygen atoms in total. The normalized spacial score (nSPS) is 25.0. The maximum Gasteiger partial charge on any atom is 0.315 e. The second-order valence-corrected chi connectivity index (χ2v) is 7.41. The minimum absolute atomic E-state index is 0.0587. The summed E-state index contributed by atoms with van der Waals surface area (Å²) >= 11 is 0. The molecule has 3 N–H and O–H groups in total. The van der Waals surface area contributed by atoms with Crippen LogP contribution in [0.1, 0.15) is 37.7 Å². The number of hydrogen-bond donors (Lipinski definition) is 3. The van der Waals surface area contributed by atoms with Crippen molar-refractivity contribution in [2.75, 3.05) is 26.2 Å². The molecule has 0 bridgehead atoms. The van der Waals surface area contributed by atoms with Crippen molar-refractivity contribution in [1.82, 2.24) is 20.5 Å². The van der Waals surface area contributed by atoms with Crippen LogP contribution in [-0.4, -0.2) is 59.3 Å². The van der Waals surface area contributed by atoms with Crippen molar-refractivity contribution in [3.63, 3.8) is 0 Å². The molecule has 138 valence electrons. The number of nitrogens with zero attached hydrogens (tertiary/aromatic N) is 2. The van der Waals surface area contributed by atoms with Gasteiger partial charge in [0, 0.05) is 44.6 Å². The molecule has 0 spiro atoms. The molecule has 0 aromatic carbocycles. The summed E-state index contributed by atoms with van der Waals surface area (Å²) in [5, 5.41) is 15.6. The maximum atomic E-state index is 12.0. The van der Waals surface area contributed by atoms with E-state index in [-0.39, 0.29) is 18.2 Å². The summed E-state index contributed by atoms with van der Waals surface area (Å²) in [5.74, 6) is 0.427. The molecule has 1 aliphatic carbocycles. The van der Waals surface area contributed by atoms with Gasteiger partial charge in [-0.3, -0.25) is 4.98 Å². The van der Waals surface area contributed by atoms with Crippen LogP contribution in [0.4, 0.5) is 4.79 Å². The number of hydrogen-bond acceptors (Lipinski definition) is 4. The Morgan fingerprint density at radius 3 is 2.64 bits per heavy atom. The first-order valence-corrected chi connectivity index (χ1v) is 9.52. The number of aromatic nitrogens is 1. The van der Waals surface area contributed by atoms with E-state index in [1.165, 1.54) is 5.56 Å². The van der Waals surface area contributed by atoms with Crippen molar-refractivity contribution in [1.29, 1.82) is 0 Å². The fourth-order valence-electron chi connectivity index (χ4n) is 3.84. The summed E-state index contributed by atoms with van der Waals surface area (Å²) in [6.45, 7) is 3.80. The largest absolute Gasteiger partial charge is 0.393 e. The van der Waals surface area contributed by atoms with Crippen LogP contribution in [0.5, 0.6) is 0 Å². The number of nitrogens with one attached hydrogen (secondary N) is 2. The Balaban J connectivity index is 1.29. The number of carbonyl (C=O) groups is 1. The number of aliphatic hydroxyl groups is 1. The van der Waals surface area contributed by atoms with E-state index in [0.29, 0.717) is 12.5 Å². The SMILES string of the molecule is O=C(NC[C@@H]1CC[C@@H](O)C1)NC1CCN(CCc2ccncc2)CC1. The fourth-order valence-corrected chi connectivity index (χ4v) is 3.84. The second-order valence-electron chi connectivity index (χ2n) is 7.41. The van der Waals surface area contributed by atoms with E-state index in [9.17, 15) is 9.90 Å². The Labute approximate surface area is 150 Å². The predicted octanol–water partition coefficient (Wildman–Crippen LogP) is 1.55. The van der Waals surface area contributed by atoms with Crippen molar-refractivity contribution in [2.45, 2.75) is 50.7 Å². The molecule has 6 heteroatoms. The average Bonchev–Trinajstić information content (AvgIpc) is 3.06. The topological polar surface area (TPSA) is 77.5 Å². The highest BCUT2D eigenvalue weighted by Gasteiger charge is 2.24. The smallest absolute Gasteiger partial charge is 0.315 e. The zero-order valence-corrected chi connectivity index (χ0v) is 14.9. The summed E-state index contributed by atoms with van der Waals surface area (Å²) in [6.07, 6.45) is 9.27. The van der Waals surface area contributed by atoms with Crippen molar-refractivity contribution in [3.8, 4) is 0 Å². The second kappa shape index (κ2) is 9.15. The van der Waals surface area contributed by atoms with Crippen molar-refractivity contribution in [2.24, 2.45) is 5.92 Å². The van der Waals surface area contributed by atoms with E-state index in [1.807, 2.05) is 12.4 Å². The number of carbonyl (C=O) groups excluding carboxylic acids is 1. The first kappa shape index (κ1) is 18.1. The lowest BCUT2D eigenvalue weighted by Gasteiger charge is -2.32. The van der Waals surface area contributed by atoms with Gasteiger partial charge in [0.2, 0.25) is 0 Å². The summed E-state index contributed by atoms with van der Waals surface area (Å²) in [5.41, 5.74) is 1.33. The van der Waals surface area contributed by atoms with Crippen LogP contribution in [0.2, 0.25) is 0 Å². The van der Waals surface area contributed by atoms with Crippen LogP contribution in [0, 0.1) is 5.92 Å². The highest BCUT2D eigenvalue weighted by molar-refractivity contribution is 5.74. The monoisotopic (exact) mass is 346 g/mol. The molecule has 0 radical (unpaired) electrons. The first-order chi connectivity index (χ1) is 12.2. The molecule has 0 unspecified atom stereocenters. The number of urea groups is 1. The average molecular weight is 346 g/mol. The van der Waals surface area contributed by atoms with Crippen molar-refractivity contribution in [3.05, 3.63) is 30.1 Å². The van der Waals surface area contributed by atoms with Gasteiger partial charge >= 0.3 is 6.03 Å². The molecule has 2 heterocycles. The molecule has 25 heavy (non-hydrogen) atoms. The van der Waals surface area contributed by atoms with Gasteiger partial charge in [0.25, 0.3) is 0 Å². The third-order valence-electron chi connectivity index (χ3n) is 5.45. The zero-order chi connectivity index (χ0) is 17.5. The van der Waals surface area contributed by atoms with Gasteiger partial charge < -0.3 is 20.6 Å². The lowest BCUT2D eigenvalue weighted by atomic mass is 10.0. The van der Waals surface area contributed by atoms with Crippen LogP contribution < -0.4 is 10.6 Å². The Hall–Kier alpha value is -1.66. The quantitative estimate of drug-likeness (QED) is 0.730. The van der Waals surface area contributed by atoms with E-state index < -0.39 is 0 Å². The molecule has 2 amide bonds. The molecule has 1 saturated heterocycles. The minimum Gasteiger partial charge on any atom is -0.393 e. The van der Waals surface area contributed by atoms with Gasteiger partial charge in [-0.15, -0.1) is 0 Å². The van der Waals surface area contributed by atoms with Gasteiger partial charge in [-0.25, -0.2) is 4.79 Å². The van der Waals surface area contributed by atoms with Gasteiger partial charge in [-0.05, 0) is 62.1 Å². The molecule has 1 saturated carbocycles.